The number of fused-ring (bicyclic) bond motifs is 1. The zero-order valence-corrected chi connectivity index (χ0v) is 9.77. The number of para-hydroxylation sites is 1. The molecule has 16 heavy (non-hydrogen) atoms. The molecule has 4 heteroatoms. The van der Waals surface area contributed by atoms with Gasteiger partial charge in [-0.15, -0.1) is 0 Å². The zero-order chi connectivity index (χ0) is 11.5. The molecular weight excluding hydrogens is 224 g/mol. The van der Waals surface area contributed by atoms with Gasteiger partial charge in [0.05, 0.1) is 10.5 Å². The number of aromatic amines is 1. The lowest BCUT2D eigenvalue weighted by atomic mass is 10.1. The maximum absolute atomic E-state index is 10.7. The van der Waals surface area contributed by atoms with Gasteiger partial charge in [0.2, 0.25) is 5.91 Å². The Hall–Kier alpha value is -1.48. The van der Waals surface area contributed by atoms with Gasteiger partial charge in [0.1, 0.15) is 0 Å². The van der Waals surface area contributed by atoms with Crippen molar-refractivity contribution in [1.82, 2.24) is 10.3 Å². The van der Waals surface area contributed by atoms with E-state index in [1.807, 2.05) is 24.4 Å². The number of rotatable bonds is 3. The van der Waals surface area contributed by atoms with Crippen LogP contribution in [0.5, 0.6) is 0 Å². The summed E-state index contributed by atoms with van der Waals surface area (Å²) in [5, 5.41) is 4.63. The monoisotopic (exact) mass is 236 g/mol. The van der Waals surface area contributed by atoms with Crippen LogP contribution < -0.4 is 5.32 Å². The molecule has 1 aromatic heterocycles. The van der Waals surface area contributed by atoms with Crippen LogP contribution in [0.3, 0.4) is 0 Å². The van der Waals surface area contributed by atoms with E-state index < -0.39 is 0 Å². The average Bonchev–Trinajstić information content (AvgIpc) is 2.63. The number of carbonyl (C=O) groups excluding carboxylic acids is 1. The number of halogens is 1. The van der Waals surface area contributed by atoms with E-state index in [1.54, 1.807) is 0 Å². The Labute approximate surface area is 98.8 Å². The fourth-order valence-electron chi connectivity index (χ4n) is 1.76. The van der Waals surface area contributed by atoms with E-state index in [1.165, 1.54) is 12.5 Å². The minimum Gasteiger partial charge on any atom is -0.360 e. The molecule has 0 saturated carbocycles. The highest BCUT2D eigenvalue weighted by Gasteiger charge is 2.05. The van der Waals surface area contributed by atoms with E-state index in [-0.39, 0.29) is 5.91 Å². The highest BCUT2D eigenvalue weighted by atomic mass is 35.5. The minimum atomic E-state index is -0.00197. The van der Waals surface area contributed by atoms with Crippen molar-refractivity contribution in [1.29, 1.82) is 0 Å². The Morgan fingerprint density at radius 1 is 1.50 bits per heavy atom. The molecule has 1 amide bonds. The molecule has 0 spiro atoms. The van der Waals surface area contributed by atoms with Crippen molar-refractivity contribution in [3.63, 3.8) is 0 Å². The summed E-state index contributed by atoms with van der Waals surface area (Å²) in [5.41, 5.74) is 2.13. The van der Waals surface area contributed by atoms with Crippen molar-refractivity contribution in [3.8, 4) is 0 Å². The molecule has 0 aliphatic carbocycles. The van der Waals surface area contributed by atoms with Crippen LogP contribution in [0.2, 0.25) is 5.02 Å². The molecule has 0 fully saturated rings. The van der Waals surface area contributed by atoms with Crippen molar-refractivity contribution in [2.24, 2.45) is 0 Å². The third-order valence-corrected chi connectivity index (χ3v) is 2.83. The number of nitrogens with one attached hydrogen (secondary N) is 2. The van der Waals surface area contributed by atoms with E-state index in [0.717, 1.165) is 22.3 Å². The maximum atomic E-state index is 10.7. The van der Waals surface area contributed by atoms with Gasteiger partial charge in [-0.1, -0.05) is 23.7 Å². The van der Waals surface area contributed by atoms with Gasteiger partial charge >= 0.3 is 0 Å². The van der Waals surface area contributed by atoms with Gasteiger partial charge in [-0.05, 0) is 18.1 Å². The summed E-state index contributed by atoms with van der Waals surface area (Å²) < 4.78 is 0. The van der Waals surface area contributed by atoms with Gasteiger partial charge in [0, 0.05) is 25.1 Å². The molecule has 0 atom stereocenters. The van der Waals surface area contributed by atoms with E-state index in [2.05, 4.69) is 10.3 Å². The molecule has 0 unspecified atom stereocenters. The van der Waals surface area contributed by atoms with Crippen LogP contribution in [-0.2, 0) is 11.2 Å². The molecule has 84 valence electrons. The standard InChI is InChI=1S/C12H13ClN2O/c1-8(16)14-6-5-9-7-15-12-10(9)3-2-4-11(12)13/h2-4,7,15H,5-6H2,1H3,(H,14,16). The zero-order valence-electron chi connectivity index (χ0n) is 9.01. The molecule has 1 aromatic carbocycles. The number of amides is 1. The molecule has 0 radical (unpaired) electrons. The highest BCUT2D eigenvalue weighted by Crippen LogP contribution is 2.25. The van der Waals surface area contributed by atoms with Crippen molar-refractivity contribution >= 4 is 28.4 Å². The molecule has 0 saturated heterocycles. The number of aromatic nitrogens is 1. The average molecular weight is 237 g/mol. The third kappa shape index (κ3) is 2.19. The van der Waals surface area contributed by atoms with Crippen LogP contribution in [0.4, 0.5) is 0 Å². The van der Waals surface area contributed by atoms with E-state index in [9.17, 15) is 4.79 Å². The minimum absolute atomic E-state index is 0.00197. The van der Waals surface area contributed by atoms with Crippen molar-refractivity contribution < 1.29 is 4.79 Å². The topological polar surface area (TPSA) is 44.9 Å². The molecule has 0 bridgehead atoms. The van der Waals surface area contributed by atoms with Crippen LogP contribution >= 0.6 is 11.6 Å². The molecule has 2 rings (SSSR count). The van der Waals surface area contributed by atoms with Crippen LogP contribution in [-0.4, -0.2) is 17.4 Å². The van der Waals surface area contributed by atoms with Gasteiger partial charge in [-0.3, -0.25) is 4.79 Å². The Balaban J connectivity index is 2.19. The summed E-state index contributed by atoms with van der Waals surface area (Å²) >= 11 is 6.05. The SMILES string of the molecule is CC(=O)NCCc1c[nH]c2c(Cl)cccc12. The number of hydrogen-bond donors (Lipinski definition) is 2. The number of hydrogen-bond acceptors (Lipinski definition) is 1. The second-order valence-electron chi connectivity index (χ2n) is 3.71. The molecule has 0 aliphatic heterocycles. The van der Waals surface area contributed by atoms with Crippen molar-refractivity contribution in [2.45, 2.75) is 13.3 Å². The van der Waals surface area contributed by atoms with Gasteiger partial charge in [-0.25, -0.2) is 0 Å². The fraction of sp³-hybridized carbons (Fsp3) is 0.250. The van der Waals surface area contributed by atoms with E-state index >= 15 is 0 Å². The number of carbonyl (C=O) groups is 1. The first-order chi connectivity index (χ1) is 7.68. The largest absolute Gasteiger partial charge is 0.360 e. The molecule has 0 aliphatic rings. The van der Waals surface area contributed by atoms with Crippen LogP contribution in [0, 0.1) is 0 Å². The third-order valence-electron chi connectivity index (χ3n) is 2.52. The summed E-state index contributed by atoms with van der Waals surface area (Å²) in [6, 6.07) is 5.82. The molecular formula is C12H13ClN2O. The lowest BCUT2D eigenvalue weighted by Crippen LogP contribution is -2.22. The van der Waals surface area contributed by atoms with Crippen molar-refractivity contribution in [2.75, 3.05) is 6.54 Å². The summed E-state index contributed by atoms with van der Waals surface area (Å²) in [4.78, 5) is 13.9. The first-order valence-electron chi connectivity index (χ1n) is 5.17. The molecule has 1 heterocycles. The highest BCUT2D eigenvalue weighted by molar-refractivity contribution is 6.35. The van der Waals surface area contributed by atoms with Gasteiger partial charge in [0.25, 0.3) is 0 Å². The first kappa shape index (κ1) is 11.0. The Morgan fingerprint density at radius 2 is 2.31 bits per heavy atom. The van der Waals surface area contributed by atoms with E-state index in [0.29, 0.717) is 6.54 Å². The summed E-state index contributed by atoms with van der Waals surface area (Å²) in [6.45, 7) is 2.17. The van der Waals surface area contributed by atoms with Crippen molar-refractivity contribution in [3.05, 3.63) is 35.0 Å². The second-order valence-corrected chi connectivity index (χ2v) is 4.12. The van der Waals surface area contributed by atoms with Crippen LogP contribution in [0.15, 0.2) is 24.4 Å². The van der Waals surface area contributed by atoms with Gasteiger partial charge in [0.15, 0.2) is 0 Å². The lowest BCUT2D eigenvalue weighted by molar-refractivity contribution is -0.118. The number of H-pyrrole nitrogens is 1. The molecule has 2 aromatic rings. The lowest BCUT2D eigenvalue weighted by Gasteiger charge is -2.01. The maximum Gasteiger partial charge on any atom is 0.216 e. The summed E-state index contributed by atoms with van der Waals surface area (Å²) in [5.74, 6) is -0.00197. The Morgan fingerprint density at radius 3 is 3.06 bits per heavy atom. The predicted octanol–water partition coefficient (Wildman–Crippen LogP) is 2.50. The van der Waals surface area contributed by atoms with Gasteiger partial charge in [-0.2, -0.15) is 0 Å². The molecule has 2 N–H and O–H groups in total. The van der Waals surface area contributed by atoms with Crippen LogP contribution in [0.1, 0.15) is 12.5 Å². The fourth-order valence-corrected chi connectivity index (χ4v) is 1.98. The van der Waals surface area contributed by atoms with E-state index in [4.69, 9.17) is 11.6 Å². The predicted molar refractivity (Wildman–Crippen MR) is 65.7 cm³/mol. The molecule has 3 nitrogen and oxygen atoms in total. The first-order valence-corrected chi connectivity index (χ1v) is 5.55. The van der Waals surface area contributed by atoms with Gasteiger partial charge < -0.3 is 10.3 Å². The Kier molecular flexibility index (Phi) is 3.15. The number of benzene rings is 1. The Bertz CT molecular complexity index is 519. The van der Waals surface area contributed by atoms with Crippen LogP contribution in [0.25, 0.3) is 10.9 Å². The normalized spacial score (nSPS) is 10.6. The second kappa shape index (κ2) is 4.58. The quantitative estimate of drug-likeness (QED) is 0.845. The summed E-state index contributed by atoms with van der Waals surface area (Å²) in [6.07, 6.45) is 2.75. The smallest absolute Gasteiger partial charge is 0.216 e. The summed E-state index contributed by atoms with van der Waals surface area (Å²) in [7, 11) is 0.